The second kappa shape index (κ2) is 9.39. The molecular formula is C20H41N3. The number of rotatable bonds is 7. The molecule has 23 heavy (non-hydrogen) atoms. The van der Waals surface area contributed by atoms with Crippen LogP contribution in [0.1, 0.15) is 53.4 Å². The standard InChI is InChI=1S/C20H41N3/c1-17(2)6-9-23-13-12-21(5)20(16-23)15-22-10-7-19(8-11-22)14-18(3)4/h17-20H,6-16H2,1-5H3. The van der Waals surface area contributed by atoms with Crippen LogP contribution in [0.5, 0.6) is 0 Å². The second-order valence-electron chi connectivity index (χ2n) is 8.99. The molecule has 0 aromatic rings. The Morgan fingerprint density at radius 3 is 2.17 bits per heavy atom. The average molecular weight is 324 g/mol. The zero-order valence-electron chi connectivity index (χ0n) is 16.4. The second-order valence-corrected chi connectivity index (χ2v) is 8.99. The largest absolute Gasteiger partial charge is 0.302 e. The highest BCUT2D eigenvalue weighted by atomic mass is 15.3. The molecule has 2 saturated heterocycles. The zero-order valence-corrected chi connectivity index (χ0v) is 16.4. The molecule has 0 radical (unpaired) electrons. The number of piperazine rings is 1. The topological polar surface area (TPSA) is 9.72 Å². The number of likely N-dealkylation sites (tertiary alicyclic amines) is 1. The predicted molar refractivity (Wildman–Crippen MR) is 101 cm³/mol. The lowest BCUT2D eigenvalue weighted by Gasteiger charge is -2.43. The van der Waals surface area contributed by atoms with Gasteiger partial charge in [-0.05, 0) is 70.1 Å². The predicted octanol–water partition coefficient (Wildman–Crippen LogP) is 3.41. The highest BCUT2D eigenvalue weighted by Crippen LogP contribution is 2.24. The van der Waals surface area contributed by atoms with Gasteiger partial charge in [0.2, 0.25) is 0 Å². The Bertz CT molecular complexity index is 321. The molecule has 2 aliphatic rings. The van der Waals surface area contributed by atoms with E-state index in [1.54, 1.807) is 0 Å². The van der Waals surface area contributed by atoms with Gasteiger partial charge in [0.25, 0.3) is 0 Å². The first-order valence-corrected chi connectivity index (χ1v) is 10.1. The van der Waals surface area contributed by atoms with E-state index in [-0.39, 0.29) is 0 Å². The number of hydrogen-bond donors (Lipinski definition) is 0. The van der Waals surface area contributed by atoms with Crippen molar-refractivity contribution >= 4 is 0 Å². The first kappa shape index (κ1) is 19.2. The first-order valence-electron chi connectivity index (χ1n) is 10.1. The van der Waals surface area contributed by atoms with Crippen LogP contribution in [-0.2, 0) is 0 Å². The van der Waals surface area contributed by atoms with Gasteiger partial charge < -0.3 is 9.80 Å². The normalized spacial score (nSPS) is 26.5. The molecule has 2 fully saturated rings. The van der Waals surface area contributed by atoms with Gasteiger partial charge in [-0.25, -0.2) is 0 Å². The minimum atomic E-state index is 0.734. The molecular weight excluding hydrogens is 282 g/mol. The fraction of sp³-hybridized carbons (Fsp3) is 1.00. The smallest absolute Gasteiger partial charge is 0.0347 e. The van der Waals surface area contributed by atoms with Crippen molar-refractivity contribution in [2.24, 2.45) is 17.8 Å². The maximum Gasteiger partial charge on any atom is 0.0347 e. The molecule has 1 unspecified atom stereocenters. The Kier molecular flexibility index (Phi) is 7.84. The molecule has 0 spiro atoms. The van der Waals surface area contributed by atoms with E-state index in [1.165, 1.54) is 71.5 Å². The van der Waals surface area contributed by atoms with Crippen LogP contribution in [0, 0.1) is 17.8 Å². The SMILES string of the molecule is CC(C)CCN1CCN(C)C(CN2CCC(CC(C)C)CC2)C1. The fourth-order valence-corrected chi connectivity index (χ4v) is 4.22. The quantitative estimate of drug-likeness (QED) is 0.711. The molecule has 2 aliphatic heterocycles. The van der Waals surface area contributed by atoms with E-state index < -0.39 is 0 Å². The summed E-state index contributed by atoms with van der Waals surface area (Å²) in [6.45, 7) is 18.4. The van der Waals surface area contributed by atoms with E-state index in [9.17, 15) is 0 Å². The van der Waals surface area contributed by atoms with Gasteiger partial charge in [-0.3, -0.25) is 4.90 Å². The third kappa shape index (κ3) is 6.72. The average Bonchev–Trinajstić information content (AvgIpc) is 2.49. The molecule has 0 aromatic carbocycles. The van der Waals surface area contributed by atoms with Crippen molar-refractivity contribution in [2.75, 3.05) is 52.9 Å². The van der Waals surface area contributed by atoms with Crippen LogP contribution in [0.15, 0.2) is 0 Å². The number of nitrogens with zero attached hydrogens (tertiary/aromatic N) is 3. The lowest BCUT2D eigenvalue weighted by atomic mass is 9.88. The van der Waals surface area contributed by atoms with Gasteiger partial charge in [-0.1, -0.05) is 27.7 Å². The molecule has 2 heterocycles. The van der Waals surface area contributed by atoms with Crippen molar-refractivity contribution in [1.82, 2.24) is 14.7 Å². The van der Waals surface area contributed by atoms with Gasteiger partial charge in [0.05, 0.1) is 0 Å². The molecule has 0 N–H and O–H groups in total. The van der Waals surface area contributed by atoms with E-state index in [2.05, 4.69) is 49.4 Å². The third-order valence-corrected chi connectivity index (χ3v) is 5.86. The Morgan fingerprint density at radius 1 is 0.870 bits per heavy atom. The van der Waals surface area contributed by atoms with Gasteiger partial charge in [-0.15, -0.1) is 0 Å². The monoisotopic (exact) mass is 323 g/mol. The maximum atomic E-state index is 2.74. The summed E-state index contributed by atoms with van der Waals surface area (Å²) >= 11 is 0. The first-order chi connectivity index (χ1) is 10.9. The number of likely N-dealkylation sites (N-methyl/N-ethyl adjacent to an activating group) is 1. The Labute approximate surface area is 145 Å². The molecule has 0 amide bonds. The highest BCUT2D eigenvalue weighted by Gasteiger charge is 2.28. The van der Waals surface area contributed by atoms with Crippen molar-refractivity contribution in [1.29, 1.82) is 0 Å². The number of hydrogen-bond acceptors (Lipinski definition) is 3. The molecule has 0 aliphatic carbocycles. The van der Waals surface area contributed by atoms with Crippen LogP contribution in [0.2, 0.25) is 0 Å². The zero-order chi connectivity index (χ0) is 16.8. The minimum absolute atomic E-state index is 0.734. The molecule has 3 heteroatoms. The van der Waals surface area contributed by atoms with Crippen LogP contribution in [0.25, 0.3) is 0 Å². The van der Waals surface area contributed by atoms with Crippen molar-refractivity contribution in [3.05, 3.63) is 0 Å². The molecule has 136 valence electrons. The summed E-state index contributed by atoms with van der Waals surface area (Å²) in [5.41, 5.74) is 0. The van der Waals surface area contributed by atoms with Crippen molar-refractivity contribution in [3.63, 3.8) is 0 Å². The van der Waals surface area contributed by atoms with E-state index in [4.69, 9.17) is 0 Å². The van der Waals surface area contributed by atoms with Gasteiger partial charge in [0.1, 0.15) is 0 Å². The van der Waals surface area contributed by atoms with E-state index >= 15 is 0 Å². The van der Waals surface area contributed by atoms with E-state index in [1.807, 2.05) is 0 Å². The van der Waals surface area contributed by atoms with Crippen LogP contribution in [-0.4, -0.2) is 73.6 Å². The maximum absolute atomic E-state index is 2.74. The van der Waals surface area contributed by atoms with Crippen molar-refractivity contribution < 1.29 is 0 Å². The highest BCUT2D eigenvalue weighted by molar-refractivity contribution is 4.84. The van der Waals surface area contributed by atoms with Gasteiger partial charge in [-0.2, -0.15) is 0 Å². The lowest BCUT2D eigenvalue weighted by Crippen LogP contribution is -2.56. The molecule has 0 aromatic heterocycles. The summed E-state index contributed by atoms with van der Waals surface area (Å²) in [6, 6.07) is 0.734. The molecule has 2 rings (SSSR count). The summed E-state index contributed by atoms with van der Waals surface area (Å²) < 4.78 is 0. The molecule has 3 nitrogen and oxygen atoms in total. The molecule has 1 atom stereocenters. The number of piperidine rings is 1. The van der Waals surface area contributed by atoms with Gasteiger partial charge in [0, 0.05) is 32.2 Å². The van der Waals surface area contributed by atoms with Crippen molar-refractivity contribution in [3.8, 4) is 0 Å². The minimum Gasteiger partial charge on any atom is -0.302 e. The van der Waals surface area contributed by atoms with Crippen LogP contribution >= 0.6 is 0 Å². The Balaban J connectivity index is 1.73. The van der Waals surface area contributed by atoms with Crippen LogP contribution < -0.4 is 0 Å². The van der Waals surface area contributed by atoms with E-state index in [0.717, 1.165) is 23.8 Å². The summed E-state index contributed by atoms with van der Waals surface area (Å²) in [5, 5.41) is 0. The molecule has 0 bridgehead atoms. The summed E-state index contributed by atoms with van der Waals surface area (Å²) in [4.78, 5) is 8.05. The summed E-state index contributed by atoms with van der Waals surface area (Å²) in [7, 11) is 2.33. The van der Waals surface area contributed by atoms with Crippen LogP contribution in [0.3, 0.4) is 0 Å². The van der Waals surface area contributed by atoms with Crippen LogP contribution in [0.4, 0.5) is 0 Å². The molecule has 0 saturated carbocycles. The summed E-state index contributed by atoms with van der Waals surface area (Å²) in [6.07, 6.45) is 5.62. The van der Waals surface area contributed by atoms with Gasteiger partial charge in [0.15, 0.2) is 0 Å². The van der Waals surface area contributed by atoms with Gasteiger partial charge >= 0.3 is 0 Å². The Hall–Kier alpha value is -0.120. The summed E-state index contributed by atoms with van der Waals surface area (Å²) in [5.74, 6) is 2.68. The third-order valence-electron chi connectivity index (χ3n) is 5.86. The Morgan fingerprint density at radius 2 is 1.57 bits per heavy atom. The van der Waals surface area contributed by atoms with Crippen molar-refractivity contribution in [2.45, 2.75) is 59.4 Å². The fourth-order valence-electron chi connectivity index (χ4n) is 4.22. The van der Waals surface area contributed by atoms with E-state index in [0.29, 0.717) is 0 Å². The lowest BCUT2D eigenvalue weighted by molar-refractivity contribution is 0.0551.